The number of nitrogens with one attached hydrogen (secondary N) is 2. The number of imide groups is 2. The summed E-state index contributed by atoms with van der Waals surface area (Å²) in [5.41, 5.74) is 5.54. The van der Waals surface area contributed by atoms with E-state index in [2.05, 4.69) is 15.5 Å². The minimum atomic E-state index is -1.82. The molecule has 4 aliphatic carbocycles. The van der Waals surface area contributed by atoms with E-state index in [4.69, 9.17) is 20.9 Å². The summed E-state index contributed by atoms with van der Waals surface area (Å²) in [6, 6.07) is 18.0. The van der Waals surface area contributed by atoms with Crippen molar-refractivity contribution in [1.29, 1.82) is 0 Å². The Morgan fingerprint density at radius 2 is 1.12 bits per heavy atom. The number of hydrogen-bond donors (Lipinski definition) is 6. The molecule has 0 radical (unpaired) electrons. The molecule has 6 amide bonds. The summed E-state index contributed by atoms with van der Waals surface area (Å²) in [4.78, 5) is 87.5. The Labute approximate surface area is 381 Å². The number of methoxy groups -OCH3 is 2. The minimum Gasteiger partial charge on any atom is -0.465 e. The van der Waals surface area contributed by atoms with E-state index in [1.807, 2.05) is 47.9 Å². The lowest BCUT2D eigenvalue weighted by molar-refractivity contribution is -0.158. The molecule has 3 saturated heterocycles. The van der Waals surface area contributed by atoms with Crippen molar-refractivity contribution < 1.29 is 52.8 Å². The molecule has 0 saturated carbocycles. The van der Waals surface area contributed by atoms with Gasteiger partial charge < -0.3 is 36.1 Å². The van der Waals surface area contributed by atoms with Crippen molar-refractivity contribution in [3.8, 4) is 0 Å². The van der Waals surface area contributed by atoms with Crippen LogP contribution in [0.25, 0.3) is 0 Å². The maximum Gasteiger partial charge on any atom is 0.411 e. The van der Waals surface area contributed by atoms with Gasteiger partial charge >= 0.3 is 12.2 Å². The zero-order chi connectivity index (χ0) is 47.9. The van der Waals surface area contributed by atoms with Crippen molar-refractivity contribution >= 4 is 41.5 Å². The standard InChI is InChI=1S/C48H58FN7O10/c1-43(25-35(50)57)27-11-15-29(16-12-27)47(43,39(59)52-41(61)62)54-23-7-9-33(54)37-38(65-5)46(4,66-6)45(3,56(37)32-21-19-31(49)20-22-32)34-10-8-24-55(34)48(40(60)53-42(63)64)30-17-13-28(14-18-30)44(48,2)26-36(51)58/h11-22,33-34,37-38H,7-10,23-26H2,1-6H3,(H2,50,57)(H2,51,58)(H,52,59)(H,53,60)(H,61,62)(H,63,64)/t33?,34?,37-,38+,43?,44?,45-,46-,47+,48+/m0/s1. The molecule has 66 heavy (non-hydrogen) atoms. The van der Waals surface area contributed by atoms with E-state index in [-0.39, 0.29) is 25.9 Å². The molecule has 18 heteroatoms. The molecule has 17 nitrogen and oxygen atoms in total. The maximum atomic E-state index is 15.1. The van der Waals surface area contributed by atoms with Gasteiger partial charge in [-0.1, -0.05) is 62.4 Å². The number of halogens is 1. The summed E-state index contributed by atoms with van der Waals surface area (Å²) < 4.78 is 28.5. The zero-order valence-electron chi connectivity index (χ0n) is 37.9. The van der Waals surface area contributed by atoms with Crippen LogP contribution >= 0.6 is 0 Å². The summed E-state index contributed by atoms with van der Waals surface area (Å²) in [7, 11) is 3.10. The van der Waals surface area contributed by atoms with E-state index >= 15 is 14.0 Å². The number of benzene rings is 3. The summed E-state index contributed by atoms with van der Waals surface area (Å²) >= 11 is 0. The molecule has 10 rings (SSSR count). The number of fused-ring (bicyclic) bond motifs is 6. The zero-order valence-corrected chi connectivity index (χ0v) is 37.9. The molecule has 0 spiro atoms. The van der Waals surface area contributed by atoms with Gasteiger partial charge in [-0.05, 0) is 99.1 Å². The van der Waals surface area contributed by atoms with Crippen LogP contribution < -0.4 is 27.0 Å². The Morgan fingerprint density at radius 1 is 0.682 bits per heavy atom. The van der Waals surface area contributed by atoms with Crippen molar-refractivity contribution in [2.24, 2.45) is 11.5 Å². The van der Waals surface area contributed by atoms with Crippen molar-refractivity contribution in [3.63, 3.8) is 0 Å². The first-order valence-electron chi connectivity index (χ1n) is 22.2. The van der Waals surface area contributed by atoms with Gasteiger partial charge in [-0.3, -0.25) is 39.6 Å². The van der Waals surface area contributed by atoms with E-state index in [1.165, 1.54) is 12.1 Å². The molecule has 4 bridgehead atoms. The first-order chi connectivity index (χ1) is 31.1. The minimum absolute atomic E-state index is 0.259. The van der Waals surface area contributed by atoms with Gasteiger partial charge in [0, 0.05) is 55.7 Å². The number of ether oxygens (including phenoxy) is 2. The molecule has 352 valence electrons. The molecule has 3 fully saturated rings. The molecule has 3 heterocycles. The number of amides is 6. The highest BCUT2D eigenvalue weighted by Crippen LogP contribution is 2.62. The second kappa shape index (κ2) is 16.1. The van der Waals surface area contributed by atoms with E-state index in [0.29, 0.717) is 53.6 Å². The Hall–Kier alpha value is -5.95. The summed E-state index contributed by atoms with van der Waals surface area (Å²) in [6.45, 7) is 7.91. The molecular formula is C48H58FN7O10. The van der Waals surface area contributed by atoms with Crippen LogP contribution in [0, 0.1) is 5.82 Å². The first kappa shape index (κ1) is 46.6. The van der Waals surface area contributed by atoms with E-state index in [9.17, 15) is 29.4 Å². The van der Waals surface area contributed by atoms with E-state index < -0.39 is 98.9 Å². The fourth-order valence-corrected chi connectivity index (χ4v) is 13.9. The lowest BCUT2D eigenvalue weighted by Crippen LogP contribution is -2.75. The molecule has 7 aliphatic rings. The predicted molar refractivity (Wildman–Crippen MR) is 238 cm³/mol. The Morgan fingerprint density at radius 3 is 1.56 bits per heavy atom. The summed E-state index contributed by atoms with van der Waals surface area (Å²) in [5, 5.41) is 24.6. The number of anilines is 1. The highest BCUT2D eigenvalue weighted by molar-refractivity contribution is 6.01. The number of nitrogens with zero attached hydrogens (tertiary/aromatic N) is 3. The highest BCUT2D eigenvalue weighted by Gasteiger charge is 2.75. The quantitative estimate of drug-likeness (QED) is 0.143. The molecule has 3 aliphatic heterocycles. The van der Waals surface area contributed by atoms with Crippen LogP contribution in [0.15, 0.2) is 72.8 Å². The number of carboxylic acid groups (broad SMARTS) is 2. The first-order valence-corrected chi connectivity index (χ1v) is 22.2. The number of nitrogens with two attached hydrogens (primary N) is 2. The molecule has 0 aromatic heterocycles. The number of carbonyl (C=O) groups excluding carboxylic acids is 4. The fraction of sp³-hybridized carbons (Fsp3) is 0.500. The van der Waals surface area contributed by atoms with Crippen LogP contribution in [0.2, 0.25) is 0 Å². The van der Waals surface area contributed by atoms with Gasteiger partial charge in [-0.25, -0.2) is 14.0 Å². The molecule has 3 aromatic carbocycles. The van der Waals surface area contributed by atoms with Crippen LogP contribution in [0.3, 0.4) is 0 Å². The third-order valence-electron chi connectivity index (χ3n) is 16.5. The van der Waals surface area contributed by atoms with Crippen LogP contribution in [0.5, 0.6) is 0 Å². The van der Waals surface area contributed by atoms with Gasteiger partial charge in [0.15, 0.2) is 0 Å². The second-order valence-corrected chi connectivity index (χ2v) is 19.3. The Kier molecular flexibility index (Phi) is 11.4. The van der Waals surface area contributed by atoms with Gasteiger partial charge in [0.2, 0.25) is 11.8 Å². The van der Waals surface area contributed by atoms with Crippen molar-refractivity contribution in [2.75, 3.05) is 32.2 Å². The lowest BCUT2D eigenvalue weighted by Gasteiger charge is -2.61. The SMILES string of the molecule is CO[C@@H]1[C@H](C2CCCN2[C@@]2(C(=O)NC(=O)O)c3ccc(cc3)C2(C)CC(N)=O)N(c2ccc(F)cc2)[C@@](C)(C2CCCN2[C@@]2(C(=O)NC(=O)O)c3ccc(cc3)C2(C)CC(N)=O)[C@@]1(C)OC. The van der Waals surface area contributed by atoms with Crippen LogP contribution in [0.4, 0.5) is 19.7 Å². The number of rotatable bonds is 13. The topological polar surface area (TPSA) is 247 Å². The second-order valence-electron chi connectivity index (χ2n) is 19.3. The summed E-state index contributed by atoms with van der Waals surface area (Å²) in [5.74, 6) is -3.64. The largest absolute Gasteiger partial charge is 0.465 e. The maximum absolute atomic E-state index is 15.1. The van der Waals surface area contributed by atoms with Gasteiger partial charge in [-0.2, -0.15) is 0 Å². The molecule has 10 atom stereocenters. The molecule has 4 unspecified atom stereocenters. The average Bonchev–Trinajstić information content (AvgIpc) is 3.99. The average molecular weight is 912 g/mol. The third kappa shape index (κ3) is 6.10. The van der Waals surface area contributed by atoms with Crippen LogP contribution in [0.1, 0.15) is 88.5 Å². The molecule has 3 aromatic rings. The van der Waals surface area contributed by atoms with Gasteiger partial charge in [-0.15, -0.1) is 0 Å². The van der Waals surface area contributed by atoms with Crippen LogP contribution in [-0.2, 0) is 50.6 Å². The van der Waals surface area contributed by atoms with Crippen LogP contribution in [-0.4, -0.2) is 119 Å². The number of primary amides is 2. The normalized spacial score (nSPS) is 34.7. The van der Waals surface area contributed by atoms with E-state index in [1.54, 1.807) is 64.5 Å². The van der Waals surface area contributed by atoms with E-state index in [0.717, 1.165) is 0 Å². The monoisotopic (exact) mass is 911 g/mol. The Balaban J connectivity index is 1.39. The number of likely N-dealkylation sites (tertiary alicyclic amines) is 2. The van der Waals surface area contributed by atoms with Gasteiger partial charge in [0.05, 0.1) is 11.6 Å². The van der Waals surface area contributed by atoms with Crippen molar-refractivity contribution in [1.82, 2.24) is 20.4 Å². The molecular weight excluding hydrogens is 854 g/mol. The lowest BCUT2D eigenvalue weighted by atomic mass is 9.56. The summed E-state index contributed by atoms with van der Waals surface area (Å²) in [6.07, 6.45) is -2.79. The number of hydrogen-bond acceptors (Lipinski definition) is 11. The Bertz CT molecular complexity index is 2480. The highest BCUT2D eigenvalue weighted by atomic mass is 19.1. The van der Waals surface area contributed by atoms with Crippen molar-refractivity contribution in [2.45, 2.75) is 123 Å². The van der Waals surface area contributed by atoms with Crippen molar-refractivity contribution in [3.05, 3.63) is 101 Å². The fourth-order valence-electron chi connectivity index (χ4n) is 13.9. The predicted octanol–water partition coefficient (Wildman–Crippen LogP) is 3.79. The molecule has 8 N–H and O–H groups in total. The third-order valence-corrected chi connectivity index (χ3v) is 16.5. The van der Waals surface area contributed by atoms with Gasteiger partial charge in [0.25, 0.3) is 11.8 Å². The number of carbonyl (C=O) groups is 6. The van der Waals surface area contributed by atoms with Gasteiger partial charge in [0.1, 0.15) is 28.6 Å². The smallest absolute Gasteiger partial charge is 0.411 e.